The van der Waals surface area contributed by atoms with Crippen LogP contribution in [-0.2, 0) is 27.4 Å². The number of rotatable bonds is 5. The molecule has 9 nitrogen and oxygen atoms in total. The van der Waals surface area contributed by atoms with E-state index in [2.05, 4.69) is 16.7 Å². The Bertz CT molecular complexity index is 1190. The van der Waals surface area contributed by atoms with Crippen molar-refractivity contribution in [2.24, 2.45) is 4.99 Å². The quantitative estimate of drug-likeness (QED) is 0.469. The minimum Gasteiger partial charge on any atom is -0.874 e. The van der Waals surface area contributed by atoms with Gasteiger partial charge in [-0.2, -0.15) is 4.99 Å². The zero-order chi connectivity index (χ0) is 24.7. The van der Waals surface area contributed by atoms with Crippen LogP contribution >= 0.6 is 22.9 Å². The fourth-order valence-corrected chi connectivity index (χ4v) is 4.50. The van der Waals surface area contributed by atoms with Crippen LogP contribution in [0.3, 0.4) is 0 Å². The summed E-state index contributed by atoms with van der Waals surface area (Å²) in [5.74, 6) is -0.594. The minimum absolute atomic E-state index is 0. The van der Waals surface area contributed by atoms with Gasteiger partial charge in [-0.15, -0.1) is 5.76 Å². The number of hydrogen-bond donors (Lipinski definition) is 0. The first-order valence-corrected chi connectivity index (χ1v) is 11.8. The summed E-state index contributed by atoms with van der Waals surface area (Å²) in [5.41, 5.74) is 1.08. The van der Waals surface area contributed by atoms with Crippen molar-refractivity contribution in [3.63, 3.8) is 0 Å². The summed E-state index contributed by atoms with van der Waals surface area (Å²) in [7, 11) is 1.49. The molecule has 12 heteroatoms. The second-order valence-electron chi connectivity index (χ2n) is 7.41. The van der Waals surface area contributed by atoms with Crippen LogP contribution in [0, 0.1) is 0 Å². The van der Waals surface area contributed by atoms with Gasteiger partial charge >= 0.3 is 29.6 Å². The zero-order valence-electron chi connectivity index (χ0n) is 19.8. The summed E-state index contributed by atoms with van der Waals surface area (Å²) >= 11 is 7.24. The summed E-state index contributed by atoms with van der Waals surface area (Å²) in [6.45, 7) is 3.30. The van der Waals surface area contributed by atoms with Crippen molar-refractivity contribution >= 4 is 40.4 Å². The first-order valence-electron chi connectivity index (χ1n) is 10.6. The van der Waals surface area contributed by atoms with Crippen molar-refractivity contribution < 1.29 is 63.3 Å². The number of benzene rings is 1. The number of fused-ring (bicyclic) bond motifs is 1. The molecule has 0 aliphatic carbocycles. The molecule has 182 valence electrons. The summed E-state index contributed by atoms with van der Waals surface area (Å²) < 4.78 is 17.1. The van der Waals surface area contributed by atoms with Crippen LogP contribution in [-0.4, -0.2) is 49.0 Å². The fourth-order valence-electron chi connectivity index (χ4n) is 3.25. The molecule has 0 saturated heterocycles. The van der Waals surface area contributed by atoms with E-state index in [1.807, 2.05) is 4.57 Å². The van der Waals surface area contributed by atoms with E-state index in [1.165, 1.54) is 24.5 Å². The summed E-state index contributed by atoms with van der Waals surface area (Å²) in [6, 6.07) is 4.82. The summed E-state index contributed by atoms with van der Waals surface area (Å²) in [4.78, 5) is 40.5. The average Bonchev–Trinajstić information content (AvgIpc) is 3.16. The molecule has 0 fully saturated rings. The number of nitrogens with zero attached hydrogens (tertiary/aromatic N) is 2. The van der Waals surface area contributed by atoms with E-state index in [-0.39, 0.29) is 72.3 Å². The van der Waals surface area contributed by atoms with Crippen LogP contribution in [0.2, 0.25) is 5.02 Å². The Morgan fingerprint density at radius 1 is 1.23 bits per heavy atom. The monoisotopic (exact) mass is 530 g/mol. The Hall–Kier alpha value is -1.79. The Kier molecular flexibility index (Phi) is 11.8. The molecule has 1 aromatic carbocycles. The summed E-state index contributed by atoms with van der Waals surface area (Å²) in [6.07, 6.45) is 2.98. The van der Waals surface area contributed by atoms with E-state index in [0.29, 0.717) is 33.6 Å². The maximum Gasteiger partial charge on any atom is 1.00 e. The first-order chi connectivity index (χ1) is 16.3. The number of thiazole rings is 1. The van der Waals surface area contributed by atoms with Gasteiger partial charge in [-0.1, -0.05) is 36.3 Å². The molecule has 2 aromatic rings. The number of amides is 1. The van der Waals surface area contributed by atoms with E-state index in [4.69, 9.17) is 21.1 Å². The molecule has 35 heavy (non-hydrogen) atoms. The number of aromatic nitrogens is 1. The number of ketones is 2. The van der Waals surface area contributed by atoms with Gasteiger partial charge in [-0.05, 0) is 30.7 Å². The molecule has 0 saturated carbocycles. The molecule has 0 bridgehead atoms. The van der Waals surface area contributed by atoms with Gasteiger partial charge < -0.3 is 23.9 Å². The molecular weight excluding hydrogens is 507 g/mol. The first kappa shape index (κ1) is 29.4. The topological polar surface area (TPSA) is 119 Å². The second-order valence-corrected chi connectivity index (χ2v) is 8.83. The largest absolute Gasteiger partial charge is 1.00 e. The molecule has 2 aliphatic rings. The number of methoxy groups -OCH3 is 1. The van der Waals surface area contributed by atoms with Crippen LogP contribution in [0.4, 0.5) is 0 Å². The predicted octanol–water partition coefficient (Wildman–Crippen LogP) is -0.700. The Morgan fingerprint density at radius 2 is 1.97 bits per heavy atom. The van der Waals surface area contributed by atoms with Crippen LogP contribution in [0.5, 0.6) is 5.75 Å². The molecule has 0 spiro atoms. The number of Topliss-reactive ketones (excluding diaryl/α,β-unsaturated/α-hetero) is 1. The van der Waals surface area contributed by atoms with Crippen LogP contribution < -0.4 is 44.2 Å². The molecule has 1 aromatic heterocycles. The molecule has 0 N–H and O–H groups in total. The van der Waals surface area contributed by atoms with Crippen LogP contribution in [0.25, 0.3) is 0 Å². The number of carbonyl (C=O) groups is 3. The van der Waals surface area contributed by atoms with Gasteiger partial charge in [0, 0.05) is 11.6 Å². The minimum atomic E-state index is -0.457. The number of carbonyl (C=O) groups excluding carboxylic acids is 3. The molecular formula is C23H24ClN2NaO7S. The van der Waals surface area contributed by atoms with Crippen molar-refractivity contribution in [1.82, 2.24) is 4.57 Å². The Labute approximate surface area is 233 Å². The second kappa shape index (κ2) is 14.1. The standard InChI is InChI=1S/C18H19ClN2O4S.C5H6O3.Na/c1-3-4-7-21-13-9-25-10-14(22)16(13)26-18(21)20-17(23)12-8-11(19)5-6-15(12)24-2;6-4-1-5(7)3-8-2-4;/h5-6,8H,3-4,7,9-10H2,1-2H3;1,6H,2-3H2;/q;;+1/p-1. The van der Waals surface area contributed by atoms with Gasteiger partial charge in [0.1, 0.15) is 19.0 Å². The van der Waals surface area contributed by atoms with Gasteiger partial charge in [0.15, 0.2) is 16.4 Å². The smallest absolute Gasteiger partial charge is 0.874 e. The molecule has 0 atom stereocenters. The van der Waals surface area contributed by atoms with Crippen LogP contribution in [0.1, 0.15) is 45.5 Å². The van der Waals surface area contributed by atoms with E-state index in [0.717, 1.165) is 24.6 Å². The molecule has 3 heterocycles. The van der Waals surface area contributed by atoms with E-state index in [9.17, 15) is 19.5 Å². The SMILES string of the molecule is CCCCn1c2c(sc1=NC(=O)c1cc(Cl)ccc1OC)C(=O)COC2.O=C1C=C([O-])COC1.[Na+]. The van der Waals surface area contributed by atoms with Crippen molar-refractivity contribution in [3.8, 4) is 5.75 Å². The molecule has 4 rings (SSSR count). The third kappa shape index (κ3) is 7.85. The van der Waals surface area contributed by atoms with Crippen molar-refractivity contribution in [2.75, 3.05) is 26.9 Å². The molecule has 0 radical (unpaired) electrons. The Balaban J connectivity index is 0.000000409. The number of hydrogen-bond acceptors (Lipinski definition) is 8. The van der Waals surface area contributed by atoms with Gasteiger partial charge in [-0.25, -0.2) is 0 Å². The fraction of sp³-hybridized carbons (Fsp3) is 0.391. The normalized spacial score (nSPS) is 15.4. The molecule has 1 amide bonds. The maximum absolute atomic E-state index is 12.7. The number of ether oxygens (including phenoxy) is 3. The average molecular weight is 531 g/mol. The van der Waals surface area contributed by atoms with Gasteiger partial charge in [0.2, 0.25) is 0 Å². The summed E-state index contributed by atoms with van der Waals surface area (Å²) in [5, 5.41) is 10.7. The number of unbranched alkanes of at least 4 members (excludes halogenated alkanes) is 1. The van der Waals surface area contributed by atoms with Gasteiger partial charge in [0.05, 0.1) is 36.5 Å². The van der Waals surface area contributed by atoms with Crippen molar-refractivity contribution in [3.05, 3.63) is 56.0 Å². The molecule has 2 aliphatic heterocycles. The van der Waals surface area contributed by atoms with Gasteiger partial charge in [-0.3, -0.25) is 14.4 Å². The number of halogens is 1. The molecule has 0 unspecified atom stereocenters. The third-order valence-corrected chi connectivity index (χ3v) is 6.27. The van der Waals surface area contributed by atoms with Crippen molar-refractivity contribution in [2.45, 2.75) is 32.9 Å². The predicted molar refractivity (Wildman–Crippen MR) is 123 cm³/mol. The van der Waals surface area contributed by atoms with E-state index in [1.54, 1.807) is 12.1 Å². The maximum atomic E-state index is 12.7. The third-order valence-electron chi connectivity index (χ3n) is 4.87. The van der Waals surface area contributed by atoms with Crippen molar-refractivity contribution in [1.29, 1.82) is 0 Å². The van der Waals surface area contributed by atoms with E-state index < -0.39 is 5.91 Å². The van der Waals surface area contributed by atoms with Gasteiger partial charge in [0.25, 0.3) is 5.91 Å². The Morgan fingerprint density at radius 3 is 2.60 bits per heavy atom. The van der Waals surface area contributed by atoms with Crippen LogP contribution in [0.15, 0.2) is 35.0 Å². The zero-order valence-corrected chi connectivity index (χ0v) is 23.4. The van der Waals surface area contributed by atoms with E-state index >= 15 is 0 Å².